The van der Waals surface area contributed by atoms with Crippen LogP contribution in [0.2, 0.25) is 0 Å². The molecule has 5 atom stereocenters. The van der Waals surface area contributed by atoms with E-state index >= 15 is 0 Å². The minimum absolute atomic E-state index is 0.112. The Balaban J connectivity index is 1.41. The average molecular weight is 369 g/mol. The summed E-state index contributed by atoms with van der Waals surface area (Å²) in [5.41, 5.74) is 3.28. The highest BCUT2D eigenvalue weighted by molar-refractivity contribution is 5.36. The molecular weight excluding hydrogens is 331 g/mol. The first-order valence-electron chi connectivity index (χ1n) is 11.6. The van der Waals surface area contributed by atoms with E-state index in [-0.39, 0.29) is 5.82 Å². The molecule has 27 heavy (non-hydrogen) atoms. The SMILES string of the molecule is C/C=C/CCc1ccc2c(c1F)CCC(C1CCC3CC(C)CCC3C1)C2. The predicted octanol–water partition coefficient (Wildman–Crippen LogP) is 7.29. The highest BCUT2D eigenvalue weighted by atomic mass is 19.1. The van der Waals surface area contributed by atoms with Gasteiger partial charge in [0.25, 0.3) is 0 Å². The van der Waals surface area contributed by atoms with Gasteiger partial charge in [0.1, 0.15) is 5.82 Å². The second-order valence-electron chi connectivity index (χ2n) is 9.80. The van der Waals surface area contributed by atoms with E-state index in [9.17, 15) is 4.39 Å². The van der Waals surface area contributed by atoms with Crippen LogP contribution in [0.4, 0.5) is 4.39 Å². The molecule has 4 rings (SSSR count). The number of fused-ring (bicyclic) bond motifs is 2. The van der Waals surface area contributed by atoms with Crippen LogP contribution in [0.25, 0.3) is 0 Å². The lowest BCUT2D eigenvalue weighted by atomic mass is 9.61. The van der Waals surface area contributed by atoms with Gasteiger partial charge in [0.15, 0.2) is 0 Å². The van der Waals surface area contributed by atoms with Crippen molar-refractivity contribution in [2.45, 2.75) is 84.5 Å². The Morgan fingerprint density at radius 1 is 0.963 bits per heavy atom. The maximum atomic E-state index is 15.0. The summed E-state index contributed by atoms with van der Waals surface area (Å²) in [5, 5.41) is 0. The van der Waals surface area contributed by atoms with E-state index < -0.39 is 0 Å². The second-order valence-corrected chi connectivity index (χ2v) is 9.80. The largest absolute Gasteiger partial charge is 0.206 e. The van der Waals surface area contributed by atoms with Gasteiger partial charge in [-0.15, -0.1) is 0 Å². The lowest BCUT2D eigenvalue weighted by Gasteiger charge is -2.44. The van der Waals surface area contributed by atoms with Gasteiger partial charge < -0.3 is 0 Å². The quantitative estimate of drug-likeness (QED) is 0.489. The van der Waals surface area contributed by atoms with Crippen molar-refractivity contribution in [3.8, 4) is 0 Å². The number of aryl methyl sites for hydroxylation is 1. The van der Waals surface area contributed by atoms with Crippen molar-refractivity contribution < 1.29 is 4.39 Å². The van der Waals surface area contributed by atoms with Gasteiger partial charge in [-0.2, -0.15) is 0 Å². The number of benzene rings is 1. The third-order valence-electron chi connectivity index (χ3n) is 8.07. The molecule has 3 aliphatic carbocycles. The van der Waals surface area contributed by atoms with Gasteiger partial charge in [-0.25, -0.2) is 4.39 Å². The smallest absolute Gasteiger partial charge is 0.129 e. The molecule has 0 nitrogen and oxygen atoms in total. The summed E-state index contributed by atoms with van der Waals surface area (Å²) >= 11 is 0. The van der Waals surface area contributed by atoms with E-state index in [2.05, 4.69) is 31.2 Å². The molecule has 1 aromatic carbocycles. The molecule has 148 valence electrons. The predicted molar refractivity (Wildman–Crippen MR) is 112 cm³/mol. The monoisotopic (exact) mass is 368 g/mol. The number of halogens is 1. The van der Waals surface area contributed by atoms with Crippen LogP contribution < -0.4 is 0 Å². The van der Waals surface area contributed by atoms with Crippen LogP contribution in [0.1, 0.15) is 81.9 Å². The fraction of sp³-hybridized carbons (Fsp3) is 0.692. The molecule has 5 unspecified atom stereocenters. The molecular formula is C26H37F. The summed E-state index contributed by atoms with van der Waals surface area (Å²) in [6, 6.07) is 4.32. The van der Waals surface area contributed by atoms with Gasteiger partial charge in [-0.3, -0.25) is 0 Å². The van der Waals surface area contributed by atoms with Crippen LogP contribution in [0.3, 0.4) is 0 Å². The van der Waals surface area contributed by atoms with Crippen LogP contribution in [0, 0.1) is 35.4 Å². The Morgan fingerprint density at radius 2 is 1.70 bits per heavy atom. The number of hydrogen-bond acceptors (Lipinski definition) is 0. The number of rotatable bonds is 4. The minimum Gasteiger partial charge on any atom is -0.206 e. The summed E-state index contributed by atoms with van der Waals surface area (Å²) in [4.78, 5) is 0. The van der Waals surface area contributed by atoms with E-state index in [1.54, 1.807) is 0 Å². The highest BCUT2D eigenvalue weighted by Gasteiger charge is 2.38. The van der Waals surface area contributed by atoms with E-state index in [1.165, 1.54) is 50.5 Å². The van der Waals surface area contributed by atoms with Crippen LogP contribution >= 0.6 is 0 Å². The molecule has 0 saturated heterocycles. The van der Waals surface area contributed by atoms with Crippen LogP contribution in [0.5, 0.6) is 0 Å². The minimum atomic E-state index is 0.112. The molecule has 0 bridgehead atoms. The fourth-order valence-corrected chi connectivity index (χ4v) is 6.47. The highest BCUT2D eigenvalue weighted by Crippen LogP contribution is 2.48. The van der Waals surface area contributed by atoms with Crippen molar-refractivity contribution in [3.05, 3.63) is 46.8 Å². The summed E-state index contributed by atoms with van der Waals surface area (Å²) in [6.07, 6.45) is 18.0. The van der Waals surface area contributed by atoms with Gasteiger partial charge in [0.05, 0.1) is 0 Å². The summed E-state index contributed by atoms with van der Waals surface area (Å²) in [5.74, 6) is 4.76. The maximum absolute atomic E-state index is 15.0. The first-order chi connectivity index (χ1) is 13.2. The van der Waals surface area contributed by atoms with Crippen molar-refractivity contribution in [3.63, 3.8) is 0 Å². The first-order valence-corrected chi connectivity index (χ1v) is 11.6. The number of allylic oxidation sites excluding steroid dienone is 2. The molecule has 0 amide bonds. The summed E-state index contributed by atoms with van der Waals surface area (Å²) < 4.78 is 15.0. The molecule has 2 fully saturated rings. The zero-order valence-corrected chi connectivity index (χ0v) is 17.4. The van der Waals surface area contributed by atoms with Gasteiger partial charge in [-0.05, 0) is 117 Å². The molecule has 1 heteroatoms. The van der Waals surface area contributed by atoms with Gasteiger partial charge in [0.2, 0.25) is 0 Å². The Kier molecular flexibility index (Phi) is 6.05. The van der Waals surface area contributed by atoms with Crippen molar-refractivity contribution >= 4 is 0 Å². The lowest BCUT2D eigenvalue weighted by Crippen LogP contribution is -2.34. The molecule has 2 saturated carbocycles. The molecule has 0 aliphatic heterocycles. The first kappa shape index (κ1) is 19.2. The van der Waals surface area contributed by atoms with Crippen LogP contribution in [-0.2, 0) is 19.3 Å². The molecule has 0 heterocycles. The van der Waals surface area contributed by atoms with E-state index in [1.807, 2.05) is 6.92 Å². The van der Waals surface area contributed by atoms with Gasteiger partial charge >= 0.3 is 0 Å². The molecule has 0 spiro atoms. The Bertz CT molecular complexity index is 673. The van der Waals surface area contributed by atoms with E-state index in [0.29, 0.717) is 0 Å². The standard InChI is InChI=1S/C26H37F/c1-3-4-5-6-19-9-12-24-17-23(13-14-25(24)26(19)27)22-11-10-20-15-18(2)7-8-21(20)16-22/h3-4,9,12,18,20-23H,5-8,10-11,13-17H2,1-2H3/b4-3+. The van der Waals surface area contributed by atoms with Gasteiger partial charge in [0, 0.05) is 0 Å². The fourth-order valence-electron chi connectivity index (χ4n) is 6.47. The van der Waals surface area contributed by atoms with E-state index in [0.717, 1.165) is 66.4 Å². The molecule has 3 aliphatic rings. The topological polar surface area (TPSA) is 0 Å². The normalized spacial score (nSPS) is 33.7. The third-order valence-corrected chi connectivity index (χ3v) is 8.07. The zero-order valence-electron chi connectivity index (χ0n) is 17.4. The zero-order chi connectivity index (χ0) is 18.8. The third kappa shape index (κ3) is 4.17. The van der Waals surface area contributed by atoms with E-state index in [4.69, 9.17) is 0 Å². The number of hydrogen-bond donors (Lipinski definition) is 0. The summed E-state index contributed by atoms with van der Waals surface area (Å²) in [6.45, 7) is 4.48. The molecule has 0 radical (unpaired) electrons. The molecule has 1 aromatic rings. The Labute approximate surface area is 165 Å². The Morgan fingerprint density at radius 3 is 2.52 bits per heavy atom. The second kappa shape index (κ2) is 8.50. The van der Waals surface area contributed by atoms with Crippen LogP contribution in [0.15, 0.2) is 24.3 Å². The Hall–Kier alpha value is -1.11. The van der Waals surface area contributed by atoms with Crippen molar-refractivity contribution in [1.82, 2.24) is 0 Å². The maximum Gasteiger partial charge on any atom is 0.129 e. The van der Waals surface area contributed by atoms with Crippen molar-refractivity contribution in [2.24, 2.45) is 29.6 Å². The summed E-state index contributed by atoms with van der Waals surface area (Å²) in [7, 11) is 0. The average Bonchev–Trinajstić information content (AvgIpc) is 2.69. The van der Waals surface area contributed by atoms with Crippen LogP contribution in [-0.4, -0.2) is 0 Å². The van der Waals surface area contributed by atoms with Gasteiger partial charge in [-0.1, -0.05) is 37.6 Å². The molecule has 0 aromatic heterocycles. The van der Waals surface area contributed by atoms with Crippen molar-refractivity contribution in [1.29, 1.82) is 0 Å². The molecule has 0 N–H and O–H groups in total. The van der Waals surface area contributed by atoms with Crippen molar-refractivity contribution in [2.75, 3.05) is 0 Å². The lowest BCUT2D eigenvalue weighted by molar-refractivity contribution is 0.0756.